The zero-order valence-electron chi connectivity index (χ0n) is 12.5. The maximum Gasteiger partial charge on any atom is 0.180 e. The van der Waals surface area contributed by atoms with E-state index < -0.39 is 8.24 Å². The molecular weight excluding hydrogens is 214 g/mol. The van der Waals surface area contributed by atoms with E-state index in [0.717, 1.165) is 0 Å². The molecule has 0 aliphatic rings. The van der Waals surface area contributed by atoms with Crippen LogP contribution in [0.1, 0.15) is 48.5 Å². The van der Waals surface area contributed by atoms with Gasteiger partial charge < -0.3 is 9.39 Å². The van der Waals surface area contributed by atoms with E-state index >= 15 is 0 Å². The largest absolute Gasteiger partial charge is 0.367 e. The monoisotopic (exact) mass is 243 g/mol. The molecule has 1 atom stereocenters. The molecule has 0 bridgehead atoms. The van der Waals surface area contributed by atoms with E-state index in [2.05, 4.69) is 61.6 Å². The molecule has 0 spiro atoms. The quantitative estimate of drug-likeness (QED) is 0.536. The van der Waals surface area contributed by atoms with Gasteiger partial charge in [-0.2, -0.15) is 0 Å². The molecule has 0 rings (SSSR count). The van der Waals surface area contributed by atoms with E-state index in [9.17, 15) is 0 Å². The molecule has 3 heteroatoms. The lowest BCUT2D eigenvalue weighted by Crippen LogP contribution is -2.36. The number of rotatable bonds is 3. The summed E-state index contributed by atoms with van der Waals surface area (Å²) in [5, 5.41) is 0.297. The molecule has 0 aliphatic heterocycles. The second kappa shape index (κ2) is 5.01. The van der Waals surface area contributed by atoms with Crippen molar-refractivity contribution in [3.05, 3.63) is 0 Å². The fourth-order valence-electron chi connectivity index (χ4n) is 1.07. The van der Waals surface area contributed by atoms with Gasteiger partial charge in [-0.25, -0.2) is 0 Å². The van der Waals surface area contributed by atoms with Gasteiger partial charge in [0.1, 0.15) is 0 Å². The fraction of sp³-hybridized carbons (Fsp3) is 0.923. The van der Waals surface area contributed by atoms with Gasteiger partial charge in [0, 0.05) is 6.21 Å². The van der Waals surface area contributed by atoms with Crippen LogP contribution in [0.25, 0.3) is 0 Å². The van der Waals surface area contributed by atoms with Crippen molar-refractivity contribution < 1.29 is 4.74 Å². The Hall–Kier alpha value is -0.153. The Balaban J connectivity index is 4.50. The lowest BCUT2D eigenvalue weighted by molar-refractivity contribution is -0.0193. The SMILES string of the molecule is C[C@@H](/C=N/[Si](C)(C)C(C)(C)C)OC(C)(C)C. The van der Waals surface area contributed by atoms with E-state index in [1.165, 1.54) is 0 Å². The molecule has 0 saturated carbocycles. The highest BCUT2D eigenvalue weighted by Crippen LogP contribution is 2.36. The van der Waals surface area contributed by atoms with Crippen LogP contribution in [0, 0.1) is 0 Å². The van der Waals surface area contributed by atoms with Crippen molar-refractivity contribution in [1.82, 2.24) is 0 Å². The summed E-state index contributed by atoms with van der Waals surface area (Å²) in [7, 11) is -1.55. The van der Waals surface area contributed by atoms with Crippen molar-refractivity contribution in [2.45, 2.75) is 78.3 Å². The third kappa shape index (κ3) is 5.80. The molecule has 0 amide bonds. The van der Waals surface area contributed by atoms with Crippen LogP contribution in [-0.2, 0) is 4.74 Å². The first-order valence-corrected chi connectivity index (χ1v) is 9.03. The van der Waals surface area contributed by atoms with Crippen LogP contribution in [0.5, 0.6) is 0 Å². The normalized spacial score (nSPS) is 16.8. The van der Waals surface area contributed by atoms with Gasteiger partial charge in [0.25, 0.3) is 0 Å². The number of ether oxygens (including phenoxy) is 1. The summed E-state index contributed by atoms with van der Waals surface area (Å²) in [6.45, 7) is 19.7. The second-order valence-electron chi connectivity index (χ2n) is 7.02. The zero-order chi connectivity index (χ0) is 13.2. The van der Waals surface area contributed by atoms with Crippen molar-refractivity contribution in [3.8, 4) is 0 Å². The number of hydrogen-bond acceptors (Lipinski definition) is 2. The molecular formula is C13H29NOSi. The van der Waals surface area contributed by atoms with Crippen LogP contribution in [0.3, 0.4) is 0 Å². The third-order valence-corrected chi connectivity index (χ3v) is 7.45. The smallest absolute Gasteiger partial charge is 0.180 e. The average molecular weight is 243 g/mol. The first-order valence-electron chi connectivity index (χ1n) is 6.08. The maximum atomic E-state index is 5.82. The van der Waals surface area contributed by atoms with Gasteiger partial charge >= 0.3 is 0 Å². The van der Waals surface area contributed by atoms with Crippen LogP contribution in [0.4, 0.5) is 0 Å². The zero-order valence-corrected chi connectivity index (χ0v) is 13.5. The summed E-state index contributed by atoms with van der Waals surface area (Å²) in [4.78, 5) is 0. The van der Waals surface area contributed by atoms with Gasteiger partial charge in [-0.1, -0.05) is 20.8 Å². The number of hydrogen-bond donors (Lipinski definition) is 0. The van der Waals surface area contributed by atoms with Gasteiger partial charge in [0.15, 0.2) is 8.24 Å². The van der Waals surface area contributed by atoms with Crippen molar-refractivity contribution >= 4 is 14.5 Å². The van der Waals surface area contributed by atoms with Crippen molar-refractivity contribution in [1.29, 1.82) is 0 Å². The Kier molecular flexibility index (Phi) is 4.96. The van der Waals surface area contributed by atoms with Gasteiger partial charge in [-0.05, 0) is 45.8 Å². The lowest BCUT2D eigenvalue weighted by Gasteiger charge is -2.33. The van der Waals surface area contributed by atoms with Crippen LogP contribution in [0.2, 0.25) is 18.1 Å². The molecule has 0 unspecified atom stereocenters. The van der Waals surface area contributed by atoms with Gasteiger partial charge in [0.2, 0.25) is 0 Å². The maximum absolute atomic E-state index is 5.82. The standard InChI is InChI=1S/C13H29NOSi/c1-11(15-12(2,3)4)10-14-16(8,9)13(5,6)7/h10-11H,1-9H3/b14-10+/t11-/m0/s1. The topological polar surface area (TPSA) is 21.6 Å². The minimum absolute atomic E-state index is 0.0918. The predicted octanol–water partition coefficient (Wildman–Crippen LogP) is 4.27. The minimum atomic E-state index is -1.55. The van der Waals surface area contributed by atoms with Crippen molar-refractivity contribution in [2.24, 2.45) is 4.66 Å². The van der Waals surface area contributed by atoms with Crippen LogP contribution in [-0.4, -0.2) is 26.2 Å². The Morgan fingerprint density at radius 1 is 1.06 bits per heavy atom. The summed E-state index contributed by atoms with van der Waals surface area (Å²) < 4.78 is 10.6. The highest BCUT2D eigenvalue weighted by Gasteiger charge is 2.35. The minimum Gasteiger partial charge on any atom is -0.367 e. The Morgan fingerprint density at radius 2 is 1.50 bits per heavy atom. The molecule has 0 aliphatic carbocycles. The Morgan fingerprint density at radius 3 is 1.81 bits per heavy atom. The summed E-state index contributed by atoms with van der Waals surface area (Å²) >= 11 is 0. The highest BCUT2D eigenvalue weighted by atomic mass is 28.3. The summed E-state index contributed by atoms with van der Waals surface area (Å²) in [5.74, 6) is 0. The van der Waals surface area contributed by atoms with Crippen LogP contribution in [0.15, 0.2) is 4.66 Å². The number of nitrogens with zero attached hydrogens (tertiary/aromatic N) is 1. The van der Waals surface area contributed by atoms with Crippen LogP contribution >= 0.6 is 0 Å². The van der Waals surface area contributed by atoms with E-state index in [1.54, 1.807) is 0 Å². The molecule has 16 heavy (non-hydrogen) atoms. The van der Waals surface area contributed by atoms with Crippen LogP contribution < -0.4 is 0 Å². The molecule has 0 heterocycles. The molecule has 0 saturated heterocycles. The average Bonchev–Trinajstić information content (AvgIpc) is 1.95. The van der Waals surface area contributed by atoms with Gasteiger partial charge in [-0.3, -0.25) is 0 Å². The Bertz CT molecular complexity index is 246. The molecule has 0 N–H and O–H groups in total. The molecule has 0 aromatic rings. The van der Waals surface area contributed by atoms with Gasteiger partial charge in [0.05, 0.1) is 11.7 Å². The van der Waals surface area contributed by atoms with Crippen molar-refractivity contribution in [2.75, 3.05) is 0 Å². The van der Waals surface area contributed by atoms with E-state index in [1.807, 2.05) is 6.21 Å². The molecule has 0 aromatic heterocycles. The molecule has 96 valence electrons. The predicted molar refractivity (Wildman–Crippen MR) is 76.0 cm³/mol. The molecule has 0 aromatic carbocycles. The first kappa shape index (κ1) is 15.8. The molecule has 0 radical (unpaired) electrons. The Labute approximate surface area is 103 Å². The summed E-state index contributed by atoms with van der Waals surface area (Å²) in [6.07, 6.45) is 2.08. The third-order valence-electron chi connectivity index (χ3n) is 2.98. The van der Waals surface area contributed by atoms with E-state index in [-0.39, 0.29) is 11.7 Å². The fourth-order valence-corrected chi connectivity index (χ4v) is 2.04. The molecule has 0 fully saturated rings. The molecule has 2 nitrogen and oxygen atoms in total. The summed E-state index contributed by atoms with van der Waals surface area (Å²) in [5.41, 5.74) is -0.0983. The lowest BCUT2D eigenvalue weighted by atomic mass is 10.2. The van der Waals surface area contributed by atoms with Gasteiger partial charge in [-0.15, -0.1) is 0 Å². The highest BCUT2D eigenvalue weighted by molar-refractivity contribution is 6.79. The van der Waals surface area contributed by atoms with E-state index in [4.69, 9.17) is 9.39 Å². The van der Waals surface area contributed by atoms with E-state index in [0.29, 0.717) is 5.04 Å². The first-order chi connectivity index (χ1) is 6.85. The van der Waals surface area contributed by atoms with Crippen molar-refractivity contribution in [3.63, 3.8) is 0 Å². The summed E-state index contributed by atoms with van der Waals surface area (Å²) in [6, 6.07) is 0. The second-order valence-corrected chi connectivity index (χ2v) is 11.9.